The second kappa shape index (κ2) is 5.52. The zero-order valence-electron chi connectivity index (χ0n) is 14.5. The minimum absolute atomic E-state index is 0.186. The van der Waals surface area contributed by atoms with Crippen LogP contribution >= 0.6 is 0 Å². The second-order valence-electron chi connectivity index (χ2n) is 7.52. The molecule has 0 N–H and O–H groups in total. The first-order valence-electron chi connectivity index (χ1n) is 8.50. The van der Waals surface area contributed by atoms with Crippen LogP contribution in [-0.2, 0) is 11.8 Å². The lowest BCUT2D eigenvalue weighted by atomic mass is 9.85. The van der Waals surface area contributed by atoms with Gasteiger partial charge >= 0.3 is 0 Å². The minimum atomic E-state index is 0.186. The van der Waals surface area contributed by atoms with Gasteiger partial charge < -0.3 is 4.42 Å². The molecule has 0 amide bonds. The summed E-state index contributed by atoms with van der Waals surface area (Å²) in [5.74, 6) is 0.972. The number of benzene rings is 2. The van der Waals surface area contributed by atoms with Crippen molar-refractivity contribution in [2.24, 2.45) is 0 Å². The number of rotatable bonds is 2. The summed E-state index contributed by atoms with van der Waals surface area (Å²) < 4.78 is 5.58. The first-order chi connectivity index (χ1) is 11.5. The van der Waals surface area contributed by atoms with Gasteiger partial charge in [0.2, 0.25) is 0 Å². The lowest BCUT2D eigenvalue weighted by Crippen LogP contribution is -2.10. The average Bonchev–Trinajstić information content (AvgIpc) is 3.22. The maximum atomic E-state index is 5.58. The standard InChI is InChI=1S/C23H22O/c1-23(2,3)19-11-9-16(10-12-19)20-7-4-6-17-14-18(15-21(17)20)22-8-5-13-24-22/h4-14H,15H2,1-3H3. The van der Waals surface area contributed by atoms with E-state index in [9.17, 15) is 0 Å². The molecule has 0 bridgehead atoms. The van der Waals surface area contributed by atoms with Crippen molar-refractivity contribution in [1.82, 2.24) is 0 Å². The number of hydrogen-bond acceptors (Lipinski definition) is 1. The van der Waals surface area contributed by atoms with Crippen LogP contribution in [0.1, 0.15) is 43.2 Å². The van der Waals surface area contributed by atoms with Crippen LogP contribution in [0.2, 0.25) is 0 Å². The van der Waals surface area contributed by atoms with Gasteiger partial charge in [0, 0.05) is 6.42 Å². The monoisotopic (exact) mass is 314 g/mol. The summed E-state index contributed by atoms with van der Waals surface area (Å²) in [4.78, 5) is 0. The Labute approximate surface area is 143 Å². The van der Waals surface area contributed by atoms with E-state index >= 15 is 0 Å². The molecule has 0 radical (unpaired) electrons. The van der Waals surface area contributed by atoms with Gasteiger partial charge in [-0.3, -0.25) is 0 Å². The molecular formula is C23H22O. The van der Waals surface area contributed by atoms with Crippen molar-refractivity contribution in [3.05, 3.63) is 83.3 Å². The van der Waals surface area contributed by atoms with Crippen LogP contribution < -0.4 is 0 Å². The predicted molar refractivity (Wildman–Crippen MR) is 101 cm³/mol. The first-order valence-corrected chi connectivity index (χ1v) is 8.50. The number of allylic oxidation sites excluding steroid dienone is 1. The zero-order chi connectivity index (χ0) is 16.7. The summed E-state index contributed by atoms with van der Waals surface area (Å²) in [6.07, 6.45) is 4.92. The predicted octanol–water partition coefficient (Wildman–Crippen LogP) is 6.34. The molecule has 0 saturated heterocycles. The normalized spacial score (nSPS) is 13.7. The Morgan fingerprint density at radius 3 is 2.33 bits per heavy atom. The van der Waals surface area contributed by atoms with Crippen LogP contribution in [-0.4, -0.2) is 0 Å². The summed E-state index contributed by atoms with van der Waals surface area (Å²) in [5, 5.41) is 0. The summed E-state index contributed by atoms with van der Waals surface area (Å²) in [5.41, 5.74) is 8.12. The van der Waals surface area contributed by atoms with E-state index < -0.39 is 0 Å². The van der Waals surface area contributed by atoms with Crippen LogP contribution in [0.4, 0.5) is 0 Å². The smallest absolute Gasteiger partial charge is 0.130 e. The van der Waals surface area contributed by atoms with Gasteiger partial charge in [0.05, 0.1) is 6.26 Å². The lowest BCUT2D eigenvalue weighted by molar-refractivity contribution is 0.552. The van der Waals surface area contributed by atoms with E-state index in [4.69, 9.17) is 4.42 Å². The third-order valence-electron chi connectivity index (χ3n) is 4.81. The fraction of sp³-hybridized carbons (Fsp3) is 0.217. The molecule has 2 aromatic carbocycles. The summed E-state index contributed by atoms with van der Waals surface area (Å²) >= 11 is 0. The second-order valence-corrected chi connectivity index (χ2v) is 7.52. The van der Waals surface area contributed by atoms with Crippen LogP contribution in [0.25, 0.3) is 22.8 Å². The Morgan fingerprint density at radius 1 is 0.875 bits per heavy atom. The average molecular weight is 314 g/mol. The highest BCUT2D eigenvalue weighted by molar-refractivity contribution is 5.90. The largest absolute Gasteiger partial charge is 0.465 e. The molecule has 24 heavy (non-hydrogen) atoms. The van der Waals surface area contributed by atoms with Crippen LogP contribution in [0.15, 0.2) is 65.3 Å². The summed E-state index contributed by atoms with van der Waals surface area (Å²) in [7, 11) is 0. The van der Waals surface area contributed by atoms with Crippen molar-refractivity contribution in [2.75, 3.05) is 0 Å². The van der Waals surface area contributed by atoms with Crippen molar-refractivity contribution in [3.63, 3.8) is 0 Å². The molecule has 0 spiro atoms. The molecule has 1 aliphatic rings. The molecular weight excluding hydrogens is 292 g/mol. The first kappa shape index (κ1) is 15.0. The molecule has 0 atom stereocenters. The molecule has 1 aliphatic carbocycles. The fourth-order valence-corrected chi connectivity index (χ4v) is 3.41. The molecule has 1 heterocycles. The Morgan fingerprint density at radius 2 is 1.67 bits per heavy atom. The highest BCUT2D eigenvalue weighted by Crippen LogP contribution is 2.38. The molecule has 3 aromatic rings. The Bertz CT molecular complexity index is 888. The number of furan rings is 1. The minimum Gasteiger partial charge on any atom is -0.465 e. The van der Waals surface area contributed by atoms with E-state index in [2.05, 4.69) is 69.3 Å². The lowest BCUT2D eigenvalue weighted by Gasteiger charge is -2.19. The maximum Gasteiger partial charge on any atom is 0.130 e. The molecule has 0 unspecified atom stereocenters. The molecule has 1 aromatic heterocycles. The van der Waals surface area contributed by atoms with Gasteiger partial charge in [-0.1, -0.05) is 63.2 Å². The van der Waals surface area contributed by atoms with Crippen LogP contribution in [0.5, 0.6) is 0 Å². The quantitative estimate of drug-likeness (QED) is 0.538. The molecule has 1 nitrogen and oxygen atoms in total. The Hall–Kier alpha value is -2.54. The number of hydrogen-bond donors (Lipinski definition) is 0. The van der Waals surface area contributed by atoms with Crippen molar-refractivity contribution in [3.8, 4) is 11.1 Å². The SMILES string of the molecule is CC(C)(C)c1ccc(-c2cccc3c2CC(c2ccco2)=C3)cc1. The third kappa shape index (κ3) is 2.60. The van der Waals surface area contributed by atoms with Crippen LogP contribution in [0.3, 0.4) is 0 Å². The number of fused-ring (bicyclic) bond motifs is 1. The maximum absolute atomic E-state index is 5.58. The Balaban J connectivity index is 1.70. The molecule has 0 saturated carbocycles. The highest BCUT2D eigenvalue weighted by atomic mass is 16.3. The van der Waals surface area contributed by atoms with E-state index in [1.807, 2.05) is 12.1 Å². The van der Waals surface area contributed by atoms with Gasteiger partial charge in [0.15, 0.2) is 0 Å². The fourth-order valence-electron chi connectivity index (χ4n) is 3.41. The summed E-state index contributed by atoms with van der Waals surface area (Å²) in [6, 6.07) is 19.6. The summed E-state index contributed by atoms with van der Waals surface area (Å²) in [6.45, 7) is 6.76. The van der Waals surface area contributed by atoms with Gasteiger partial charge in [0.25, 0.3) is 0 Å². The van der Waals surface area contributed by atoms with Gasteiger partial charge in [-0.25, -0.2) is 0 Å². The van der Waals surface area contributed by atoms with E-state index in [1.54, 1.807) is 6.26 Å². The zero-order valence-corrected chi connectivity index (χ0v) is 14.5. The van der Waals surface area contributed by atoms with E-state index in [0.717, 1.165) is 12.2 Å². The molecule has 1 heteroatoms. The van der Waals surface area contributed by atoms with E-state index in [-0.39, 0.29) is 5.41 Å². The van der Waals surface area contributed by atoms with Crippen molar-refractivity contribution < 1.29 is 4.42 Å². The topological polar surface area (TPSA) is 13.1 Å². The Kier molecular flexibility index (Phi) is 3.45. The highest BCUT2D eigenvalue weighted by Gasteiger charge is 2.20. The van der Waals surface area contributed by atoms with Crippen molar-refractivity contribution in [2.45, 2.75) is 32.6 Å². The van der Waals surface area contributed by atoms with Crippen LogP contribution in [0, 0.1) is 0 Å². The molecule has 120 valence electrons. The molecule has 0 fully saturated rings. The van der Waals surface area contributed by atoms with Crippen molar-refractivity contribution in [1.29, 1.82) is 0 Å². The van der Waals surface area contributed by atoms with Crippen molar-refractivity contribution >= 4 is 11.6 Å². The van der Waals surface area contributed by atoms with E-state index in [0.29, 0.717) is 0 Å². The van der Waals surface area contributed by atoms with Gasteiger partial charge in [0.1, 0.15) is 5.76 Å². The van der Waals surface area contributed by atoms with Gasteiger partial charge in [-0.05, 0) is 57.0 Å². The van der Waals surface area contributed by atoms with Gasteiger partial charge in [-0.2, -0.15) is 0 Å². The van der Waals surface area contributed by atoms with Gasteiger partial charge in [-0.15, -0.1) is 0 Å². The van der Waals surface area contributed by atoms with E-state index in [1.165, 1.54) is 33.4 Å². The third-order valence-corrected chi connectivity index (χ3v) is 4.81. The molecule has 0 aliphatic heterocycles. The molecule has 4 rings (SSSR count).